The van der Waals surface area contributed by atoms with Crippen LogP contribution in [0.5, 0.6) is 0 Å². The average Bonchev–Trinajstić information content (AvgIpc) is 3.43. The maximum absolute atomic E-state index is 12.2. The van der Waals surface area contributed by atoms with Crippen molar-refractivity contribution in [3.8, 4) is 0 Å². The Morgan fingerprint density at radius 1 is 0.972 bits per heavy atom. The van der Waals surface area contributed by atoms with Crippen molar-refractivity contribution >= 4 is 32.6 Å². The van der Waals surface area contributed by atoms with Gasteiger partial charge in [0.2, 0.25) is 0 Å². The fraction of sp³-hybridized carbons (Fsp3) is 0.667. The van der Waals surface area contributed by atoms with Crippen LogP contribution < -0.4 is 5.73 Å². The molecule has 0 bridgehead atoms. The molecule has 3 unspecified atom stereocenters. The highest BCUT2D eigenvalue weighted by atomic mass is 31.3. The Balaban J connectivity index is 1.37. The molecule has 2 fully saturated rings. The number of fused-ring (bicyclic) bond motifs is 1. The molecule has 0 saturated carbocycles. The number of nitrogens with two attached hydrogens (primary N) is 1. The summed E-state index contributed by atoms with van der Waals surface area (Å²) in [5.41, 5.74) is 6.08. The lowest BCUT2D eigenvalue weighted by molar-refractivity contribution is -0.125. The fourth-order valence-electron chi connectivity index (χ4n) is 3.58. The molecule has 0 radical (unpaired) electrons. The van der Waals surface area contributed by atoms with Crippen molar-refractivity contribution in [3.63, 3.8) is 0 Å². The predicted molar refractivity (Wildman–Crippen MR) is 111 cm³/mol. The Kier molecular flexibility index (Phi) is 7.78. The van der Waals surface area contributed by atoms with Gasteiger partial charge in [-0.3, -0.25) is 13.6 Å². The Morgan fingerprint density at radius 3 is 2.33 bits per heavy atom. The van der Waals surface area contributed by atoms with Crippen molar-refractivity contribution in [2.45, 2.75) is 49.1 Å². The average molecular weight is 559 g/mol. The summed E-state index contributed by atoms with van der Waals surface area (Å²) >= 11 is 0. The molecule has 36 heavy (non-hydrogen) atoms. The summed E-state index contributed by atoms with van der Waals surface area (Å²) in [5, 5.41) is 49.1. The van der Waals surface area contributed by atoms with Crippen LogP contribution in [-0.4, -0.2) is 111 Å². The van der Waals surface area contributed by atoms with E-state index in [4.69, 9.17) is 20.3 Å². The van der Waals surface area contributed by atoms with E-state index in [0.29, 0.717) is 0 Å². The van der Waals surface area contributed by atoms with Crippen LogP contribution in [-0.2, 0) is 32.0 Å². The first-order valence-corrected chi connectivity index (χ1v) is 13.1. The molecule has 2 saturated heterocycles. The third-order valence-corrected chi connectivity index (χ3v) is 7.94. The number of ether oxygens (including phenoxy) is 2. The van der Waals surface area contributed by atoms with Gasteiger partial charge in [-0.1, -0.05) is 0 Å². The standard InChI is InChI=1S/C15H23N5O14P2/c16-12-7-13(18-3-17-12)20(4-19-7)14-10(24)9(23)6(31-14)2-30-35(26,27)34-36(28,29)33-15-11(25)8(22)5(1-21)32-15/h3-6,8-11,14-15,21-25H,1-2H2,(H,26,27)(H,28,29)(H2,16,17,18)/t5-,6-,8-,9-,10-,11-,14-,15?/m1/s1. The molecule has 2 aliphatic heterocycles. The first kappa shape index (κ1) is 27.4. The molecule has 0 aliphatic carbocycles. The van der Waals surface area contributed by atoms with Gasteiger partial charge in [0.15, 0.2) is 24.0 Å². The molecular weight excluding hydrogens is 536 g/mol. The smallest absolute Gasteiger partial charge is 0.394 e. The van der Waals surface area contributed by atoms with E-state index >= 15 is 0 Å². The Labute approximate surface area is 200 Å². The third-order valence-electron chi connectivity index (χ3n) is 5.34. The number of aromatic nitrogens is 4. The summed E-state index contributed by atoms with van der Waals surface area (Å²) in [4.78, 5) is 31.4. The van der Waals surface area contributed by atoms with Gasteiger partial charge < -0.3 is 50.5 Å². The maximum atomic E-state index is 12.2. The fourth-order valence-corrected chi connectivity index (χ4v) is 5.74. The highest BCUT2D eigenvalue weighted by Gasteiger charge is 2.49. The molecule has 0 amide bonds. The molecule has 0 aromatic carbocycles. The molecule has 2 aromatic rings. The van der Waals surface area contributed by atoms with E-state index < -0.39 is 78.0 Å². The molecule has 9 N–H and O–H groups in total. The van der Waals surface area contributed by atoms with Gasteiger partial charge in [-0.15, -0.1) is 0 Å². The van der Waals surface area contributed by atoms with Crippen LogP contribution in [0.1, 0.15) is 6.23 Å². The van der Waals surface area contributed by atoms with E-state index in [1.165, 1.54) is 10.9 Å². The van der Waals surface area contributed by atoms with Crippen LogP contribution in [0.15, 0.2) is 12.7 Å². The quantitative estimate of drug-likeness (QED) is 0.140. The minimum absolute atomic E-state index is 0.0533. The minimum atomic E-state index is -5.44. The minimum Gasteiger partial charge on any atom is -0.394 e. The van der Waals surface area contributed by atoms with Crippen molar-refractivity contribution in [2.75, 3.05) is 18.9 Å². The number of rotatable bonds is 9. The van der Waals surface area contributed by atoms with Crippen LogP contribution >= 0.6 is 15.6 Å². The molecule has 21 heteroatoms. The van der Waals surface area contributed by atoms with Gasteiger partial charge in [-0.2, -0.15) is 4.31 Å². The van der Waals surface area contributed by atoms with Crippen molar-refractivity contribution in [1.82, 2.24) is 19.5 Å². The second kappa shape index (κ2) is 10.2. The lowest BCUT2D eigenvalue weighted by Crippen LogP contribution is -2.34. The number of imidazole rings is 1. The van der Waals surface area contributed by atoms with E-state index in [0.717, 1.165) is 6.33 Å². The second-order valence-electron chi connectivity index (χ2n) is 7.76. The van der Waals surface area contributed by atoms with E-state index in [-0.39, 0.29) is 17.0 Å². The maximum Gasteiger partial charge on any atom is 0.483 e. The number of nitrogens with zero attached hydrogens (tertiary/aromatic N) is 4. The SMILES string of the molecule is Nc1ncnc2c1ncn2[C@@H]1O[C@H](COP(=O)(O)OP(=O)(O)OC2O[C@H](CO)[C@@H](O)[C@H]2O)[C@@H](O)[C@H]1O. The monoisotopic (exact) mass is 559 g/mol. The number of hydrogen-bond donors (Lipinski definition) is 8. The van der Waals surface area contributed by atoms with Gasteiger partial charge in [-0.05, 0) is 0 Å². The Hall–Kier alpha value is -1.67. The Morgan fingerprint density at radius 2 is 1.67 bits per heavy atom. The summed E-state index contributed by atoms with van der Waals surface area (Å²) in [6.07, 6.45) is -10.5. The van der Waals surface area contributed by atoms with Gasteiger partial charge >= 0.3 is 15.6 Å². The van der Waals surface area contributed by atoms with Crippen molar-refractivity contribution < 1.29 is 67.3 Å². The lowest BCUT2D eigenvalue weighted by Gasteiger charge is -2.21. The number of aliphatic hydroxyl groups is 5. The largest absolute Gasteiger partial charge is 0.483 e. The third kappa shape index (κ3) is 5.45. The first-order chi connectivity index (χ1) is 16.8. The van der Waals surface area contributed by atoms with Crippen LogP contribution in [0.2, 0.25) is 0 Å². The number of hydrogen-bond acceptors (Lipinski definition) is 16. The second-order valence-corrected chi connectivity index (χ2v) is 10.8. The van der Waals surface area contributed by atoms with Crippen LogP contribution in [0.25, 0.3) is 11.2 Å². The van der Waals surface area contributed by atoms with Crippen LogP contribution in [0.4, 0.5) is 5.82 Å². The van der Waals surface area contributed by atoms with Gasteiger partial charge in [0.1, 0.15) is 48.5 Å². The highest BCUT2D eigenvalue weighted by Crippen LogP contribution is 2.61. The molecule has 0 spiro atoms. The number of aliphatic hydroxyl groups excluding tert-OH is 5. The van der Waals surface area contributed by atoms with Crippen LogP contribution in [0.3, 0.4) is 0 Å². The zero-order valence-electron chi connectivity index (χ0n) is 17.9. The molecular formula is C15H23N5O14P2. The Bertz CT molecular complexity index is 1180. The van der Waals surface area contributed by atoms with E-state index in [9.17, 15) is 39.3 Å². The summed E-state index contributed by atoms with van der Waals surface area (Å²) in [6, 6.07) is 0. The van der Waals surface area contributed by atoms with Gasteiger partial charge in [0.05, 0.1) is 19.5 Å². The lowest BCUT2D eigenvalue weighted by atomic mass is 10.1. The summed E-state index contributed by atoms with van der Waals surface area (Å²) in [7, 11) is -10.8. The molecule has 19 nitrogen and oxygen atoms in total. The van der Waals surface area contributed by atoms with Crippen molar-refractivity contribution in [1.29, 1.82) is 0 Å². The van der Waals surface area contributed by atoms with E-state index in [1.54, 1.807) is 0 Å². The zero-order valence-corrected chi connectivity index (χ0v) is 19.7. The highest BCUT2D eigenvalue weighted by molar-refractivity contribution is 7.61. The van der Waals surface area contributed by atoms with E-state index in [2.05, 4.69) is 28.3 Å². The number of phosphoric acid groups is 2. The zero-order chi connectivity index (χ0) is 26.4. The predicted octanol–water partition coefficient (Wildman–Crippen LogP) is -3.28. The molecule has 4 heterocycles. The molecule has 2 aromatic heterocycles. The molecule has 10 atom stereocenters. The van der Waals surface area contributed by atoms with Gasteiger partial charge in [0.25, 0.3) is 0 Å². The van der Waals surface area contributed by atoms with Crippen LogP contribution in [0, 0.1) is 0 Å². The molecule has 2 aliphatic rings. The summed E-state index contributed by atoms with van der Waals surface area (Å²) < 4.78 is 49.1. The summed E-state index contributed by atoms with van der Waals surface area (Å²) in [5.74, 6) is 0.0533. The topological polar surface area (TPSA) is 292 Å². The first-order valence-electron chi connectivity index (χ1n) is 10.1. The summed E-state index contributed by atoms with van der Waals surface area (Å²) in [6.45, 7) is -1.66. The molecule has 4 rings (SSSR count). The van der Waals surface area contributed by atoms with Crippen molar-refractivity contribution in [2.24, 2.45) is 0 Å². The van der Waals surface area contributed by atoms with Crippen molar-refractivity contribution in [3.05, 3.63) is 12.7 Å². The molecule has 202 valence electrons. The van der Waals surface area contributed by atoms with Gasteiger partial charge in [0, 0.05) is 0 Å². The normalized spacial score (nSPS) is 36.2. The number of phosphoric ester groups is 2. The van der Waals surface area contributed by atoms with Gasteiger partial charge in [-0.25, -0.2) is 24.1 Å². The number of nitrogen functional groups attached to an aromatic ring is 1. The number of anilines is 1. The van der Waals surface area contributed by atoms with E-state index in [1.807, 2.05) is 0 Å².